The third kappa shape index (κ3) is 3.13. The van der Waals surface area contributed by atoms with Crippen LogP contribution in [0, 0.1) is 11.3 Å². The molecule has 1 fully saturated rings. The summed E-state index contributed by atoms with van der Waals surface area (Å²) in [6.07, 6.45) is 2.04. The van der Waals surface area contributed by atoms with Crippen molar-refractivity contribution in [2.45, 2.75) is 23.8 Å². The molecule has 0 radical (unpaired) electrons. The van der Waals surface area contributed by atoms with Crippen LogP contribution in [-0.2, 0) is 10.0 Å². The quantitative estimate of drug-likeness (QED) is 0.916. The Morgan fingerprint density at radius 3 is 2.85 bits per heavy atom. The summed E-state index contributed by atoms with van der Waals surface area (Å²) in [6.45, 7) is 1.34. The molecule has 7 heteroatoms. The Bertz CT molecular complexity index is 634. The monoisotopic (exact) mass is 313 g/mol. The maximum absolute atomic E-state index is 12.5. The Hall–Kier alpha value is -1.13. The minimum absolute atomic E-state index is 0.0404. The molecule has 1 saturated heterocycles. The van der Waals surface area contributed by atoms with Crippen molar-refractivity contribution in [3.63, 3.8) is 0 Å². The topological polar surface area (TPSA) is 73.2 Å². The number of nitrogens with one attached hydrogen (secondary N) is 1. The summed E-state index contributed by atoms with van der Waals surface area (Å²) in [4.78, 5) is 0.0404. The molecule has 0 amide bonds. The fraction of sp³-hybridized carbons (Fsp3) is 0.462. The first-order valence-electron chi connectivity index (χ1n) is 6.34. The van der Waals surface area contributed by atoms with E-state index in [-0.39, 0.29) is 16.0 Å². The lowest BCUT2D eigenvalue weighted by atomic mass is 10.2. The van der Waals surface area contributed by atoms with E-state index in [0.29, 0.717) is 12.1 Å². The molecule has 108 valence electrons. The Balaban J connectivity index is 2.23. The highest BCUT2D eigenvalue weighted by molar-refractivity contribution is 7.89. The molecule has 1 aliphatic heterocycles. The molecule has 1 atom stereocenters. The zero-order valence-corrected chi connectivity index (χ0v) is 12.7. The molecule has 1 unspecified atom stereocenters. The maximum Gasteiger partial charge on any atom is 0.244 e. The Kier molecular flexibility index (Phi) is 4.66. The molecule has 2 rings (SSSR count). The van der Waals surface area contributed by atoms with Crippen molar-refractivity contribution in [2.75, 3.05) is 20.1 Å². The minimum Gasteiger partial charge on any atom is -0.313 e. The minimum atomic E-state index is -3.63. The van der Waals surface area contributed by atoms with Gasteiger partial charge in [-0.3, -0.25) is 0 Å². The van der Waals surface area contributed by atoms with Crippen molar-refractivity contribution >= 4 is 21.6 Å². The molecule has 0 aromatic heterocycles. The number of likely N-dealkylation sites (N-methyl/N-ethyl adjacent to an activating group) is 1. The molecule has 0 bridgehead atoms. The first-order valence-corrected chi connectivity index (χ1v) is 8.16. The van der Waals surface area contributed by atoms with E-state index in [2.05, 4.69) is 5.32 Å². The van der Waals surface area contributed by atoms with Crippen molar-refractivity contribution < 1.29 is 8.42 Å². The summed E-state index contributed by atoms with van der Waals surface area (Å²) in [5.74, 6) is 0. The number of rotatable bonds is 4. The van der Waals surface area contributed by atoms with Crippen LogP contribution in [0.25, 0.3) is 0 Å². The van der Waals surface area contributed by atoms with E-state index in [0.717, 1.165) is 19.4 Å². The molecule has 1 aliphatic rings. The SMILES string of the molecule is CN(CC1CCCN1)S(=O)(=O)c1ccc(C#N)cc1Cl. The Morgan fingerprint density at radius 1 is 1.55 bits per heavy atom. The molecular weight excluding hydrogens is 298 g/mol. The lowest BCUT2D eigenvalue weighted by Gasteiger charge is -2.21. The lowest BCUT2D eigenvalue weighted by Crippen LogP contribution is -2.38. The zero-order valence-electron chi connectivity index (χ0n) is 11.1. The second-order valence-electron chi connectivity index (χ2n) is 4.84. The van der Waals surface area contributed by atoms with Crippen LogP contribution < -0.4 is 5.32 Å². The molecule has 20 heavy (non-hydrogen) atoms. The van der Waals surface area contributed by atoms with Crippen LogP contribution in [0.15, 0.2) is 23.1 Å². The zero-order chi connectivity index (χ0) is 14.8. The van der Waals surface area contributed by atoms with Gasteiger partial charge >= 0.3 is 0 Å². The molecule has 0 aliphatic carbocycles. The molecule has 1 N–H and O–H groups in total. The summed E-state index contributed by atoms with van der Waals surface area (Å²) in [5, 5.41) is 12.1. The molecule has 0 spiro atoms. The van der Waals surface area contributed by atoms with E-state index in [1.165, 1.54) is 22.5 Å². The van der Waals surface area contributed by atoms with Crippen LogP contribution in [0.1, 0.15) is 18.4 Å². The van der Waals surface area contributed by atoms with Gasteiger partial charge in [0, 0.05) is 19.6 Å². The number of benzene rings is 1. The van der Waals surface area contributed by atoms with Crippen LogP contribution in [0.2, 0.25) is 5.02 Å². The number of hydrogen-bond acceptors (Lipinski definition) is 4. The van der Waals surface area contributed by atoms with Gasteiger partial charge in [0.15, 0.2) is 0 Å². The largest absolute Gasteiger partial charge is 0.313 e. The smallest absolute Gasteiger partial charge is 0.244 e. The van der Waals surface area contributed by atoms with Crippen molar-refractivity contribution in [3.8, 4) is 6.07 Å². The van der Waals surface area contributed by atoms with E-state index < -0.39 is 10.0 Å². The highest BCUT2D eigenvalue weighted by atomic mass is 35.5. The van der Waals surface area contributed by atoms with Crippen molar-refractivity contribution in [1.82, 2.24) is 9.62 Å². The summed E-state index contributed by atoms with van der Waals surface area (Å²) in [7, 11) is -2.08. The van der Waals surface area contributed by atoms with Gasteiger partial charge < -0.3 is 5.32 Å². The average Bonchev–Trinajstić information content (AvgIpc) is 2.91. The van der Waals surface area contributed by atoms with Gasteiger partial charge in [0.05, 0.1) is 16.7 Å². The van der Waals surface area contributed by atoms with Crippen molar-refractivity contribution in [3.05, 3.63) is 28.8 Å². The van der Waals surface area contributed by atoms with Crippen molar-refractivity contribution in [1.29, 1.82) is 5.26 Å². The van der Waals surface area contributed by atoms with E-state index in [9.17, 15) is 8.42 Å². The maximum atomic E-state index is 12.5. The van der Waals surface area contributed by atoms with Gasteiger partial charge in [-0.2, -0.15) is 9.57 Å². The average molecular weight is 314 g/mol. The molecular formula is C13H16ClN3O2S. The first kappa shape index (κ1) is 15.3. The molecule has 1 aromatic rings. The van der Waals surface area contributed by atoms with E-state index in [1.54, 1.807) is 7.05 Å². The number of nitriles is 1. The van der Waals surface area contributed by atoms with E-state index in [4.69, 9.17) is 16.9 Å². The highest BCUT2D eigenvalue weighted by Gasteiger charge is 2.27. The first-order chi connectivity index (χ1) is 9.45. The fourth-order valence-corrected chi connectivity index (χ4v) is 4.00. The van der Waals surface area contributed by atoms with Gasteiger partial charge in [0.1, 0.15) is 4.90 Å². The lowest BCUT2D eigenvalue weighted by molar-refractivity contribution is 0.417. The van der Waals surface area contributed by atoms with Gasteiger partial charge in [-0.25, -0.2) is 8.42 Å². The van der Waals surface area contributed by atoms with Crippen LogP contribution in [-0.4, -0.2) is 38.9 Å². The molecule has 0 saturated carbocycles. The Morgan fingerprint density at radius 2 is 2.30 bits per heavy atom. The number of hydrogen-bond donors (Lipinski definition) is 1. The highest BCUT2D eigenvalue weighted by Crippen LogP contribution is 2.25. The molecule has 5 nitrogen and oxygen atoms in total. The van der Waals surface area contributed by atoms with Gasteiger partial charge in [0.2, 0.25) is 10.0 Å². The number of sulfonamides is 1. The standard InChI is InChI=1S/C13H16ClN3O2S/c1-17(9-11-3-2-6-16-11)20(18,19)13-5-4-10(8-15)7-12(13)14/h4-5,7,11,16H,2-3,6,9H2,1H3. The normalized spacial score (nSPS) is 19.2. The predicted molar refractivity (Wildman–Crippen MR) is 77.0 cm³/mol. The van der Waals surface area contributed by atoms with Crippen LogP contribution in [0.4, 0.5) is 0 Å². The summed E-state index contributed by atoms with van der Waals surface area (Å²) < 4.78 is 26.3. The third-order valence-electron chi connectivity index (χ3n) is 3.39. The van der Waals surface area contributed by atoms with Crippen LogP contribution in [0.3, 0.4) is 0 Å². The van der Waals surface area contributed by atoms with Gasteiger partial charge in [-0.05, 0) is 37.6 Å². The van der Waals surface area contributed by atoms with E-state index >= 15 is 0 Å². The predicted octanol–water partition coefficient (Wildman–Crippen LogP) is 1.58. The summed E-state index contributed by atoms with van der Waals surface area (Å²) in [6, 6.07) is 6.33. The third-order valence-corrected chi connectivity index (χ3v) is 5.70. The van der Waals surface area contributed by atoms with Gasteiger partial charge in [-0.15, -0.1) is 0 Å². The summed E-state index contributed by atoms with van der Waals surface area (Å²) >= 11 is 5.98. The molecule has 1 aromatic carbocycles. The summed E-state index contributed by atoms with van der Waals surface area (Å²) in [5.41, 5.74) is 0.342. The number of halogens is 1. The van der Waals surface area contributed by atoms with Gasteiger partial charge in [0.25, 0.3) is 0 Å². The second-order valence-corrected chi connectivity index (χ2v) is 7.26. The van der Waals surface area contributed by atoms with Gasteiger partial charge in [-0.1, -0.05) is 11.6 Å². The van der Waals surface area contributed by atoms with Crippen LogP contribution >= 0.6 is 11.6 Å². The Labute approximate surface area is 124 Å². The van der Waals surface area contributed by atoms with Crippen LogP contribution in [0.5, 0.6) is 0 Å². The van der Waals surface area contributed by atoms with Crippen molar-refractivity contribution in [2.24, 2.45) is 0 Å². The fourth-order valence-electron chi connectivity index (χ4n) is 2.27. The second kappa shape index (κ2) is 6.10. The number of nitrogens with zero attached hydrogens (tertiary/aromatic N) is 2. The van der Waals surface area contributed by atoms with E-state index in [1.807, 2.05) is 6.07 Å². The molecule has 1 heterocycles.